The normalized spacial score (nSPS) is 25.3. The van der Waals surface area contributed by atoms with Crippen LogP contribution < -0.4 is 10.6 Å². The monoisotopic (exact) mass is 325 g/mol. The number of aromatic nitrogens is 3. The molecule has 2 aliphatic rings. The molecule has 2 aliphatic carbocycles. The molecule has 6 nitrogen and oxygen atoms in total. The van der Waals surface area contributed by atoms with Crippen LogP contribution in [0, 0.1) is 5.92 Å². The lowest BCUT2D eigenvalue weighted by atomic mass is 9.95. The summed E-state index contributed by atoms with van der Waals surface area (Å²) in [6.07, 6.45) is 6.75. The maximum Gasteiger partial charge on any atom is 0.315 e. The summed E-state index contributed by atoms with van der Waals surface area (Å²) < 4.78 is 1.72. The molecule has 1 fully saturated rings. The summed E-state index contributed by atoms with van der Waals surface area (Å²) in [5, 5.41) is 10.1. The third kappa shape index (κ3) is 2.77. The van der Waals surface area contributed by atoms with Crippen molar-refractivity contribution in [1.82, 2.24) is 25.4 Å². The van der Waals surface area contributed by atoms with Gasteiger partial charge in [0.25, 0.3) is 0 Å². The van der Waals surface area contributed by atoms with Gasteiger partial charge in [0.2, 0.25) is 0 Å². The first-order valence-electron chi connectivity index (χ1n) is 8.62. The zero-order valence-electron chi connectivity index (χ0n) is 13.9. The van der Waals surface area contributed by atoms with Gasteiger partial charge in [-0.15, -0.1) is 0 Å². The van der Waals surface area contributed by atoms with E-state index in [2.05, 4.69) is 45.0 Å². The van der Waals surface area contributed by atoms with E-state index in [0.29, 0.717) is 17.9 Å². The van der Waals surface area contributed by atoms with E-state index >= 15 is 0 Å². The molecule has 2 N–H and O–H groups in total. The Hall–Kier alpha value is -2.37. The Morgan fingerprint density at radius 3 is 3.17 bits per heavy atom. The van der Waals surface area contributed by atoms with Crippen molar-refractivity contribution in [2.24, 2.45) is 5.92 Å². The Morgan fingerprint density at radius 2 is 2.33 bits per heavy atom. The predicted molar refractivity (Wildman–Crippen MR) is 90.6 cm³/mol. The molecule has 126 valence electrons. The molecule has 1 aromatic heterocycles. The largest absolute Gasteiger partial charge is 0.338 e. The number of nitrogens with one attached hydrogen (secondary N) is 2. The van der Waals surface area contributed by atoms with Crippen LogP contribution in [0.25, 0.3) is 0 Å². The summed E-state index contributed by atoms with van der Waals surface area (Å²) in [7, 11) is 0. The molecule has 4 rings (SSSR count). The van der Waals surface area contributed by atoms with Crippen molar-refractivity contribution in [2.75, 3.05) is 6.54 Å². The topological polar surface area (TPSA) is 71.8 Å². The molecule has 0 bridgehead atoms. The average molecular weight is 325 g/mol. The number of nitrogens with zero attached hydrogens (tertiary/aromatic N) is 3. The first-order valence-corrected chi connectivity index (χ1v) is 8.62. The van der Waals surface area contributed by atoms with Gasteiger partial charge in [-0.1, -0.05) is 24.3 Å². The van der Waals surface area contributed by atoms with Gasteiger partial charge in [0.1, 0.15) is 12.7 Å². The van der Waals surface area contributed by atoms with Crippen molar-refractivity contribution in [2.45, 2.75) is 44.2 Å². The third-order valence-corrected chi connectivity index (χ3v) is 5.44. The van der Waals surface area contributed by atoms with E-state index in [4.69, 9.17) is 0 Å². The second-order valence-corrected chi connectivity index (χ2v) is 7.09. The summed E-state index contributed by atoms with van der Waals surface area (Å²) in [5.74, 6) is 0.567. The fraction of sp³-hybridized carbons (Fsp3) is 0.500. The van der Waals surface area contributed by atoms with Gasteiger partial charge in [0.05, 0.1) is 6.54 Å². The van der Waals surface area contributed by atoms with Gasteiger partial charge in [-0.05, 0) is 43.2 Å². The number of hydrogen-bond acceptors (Lipinski definition) is 3. The molecule has 2 amide bonds. The smallest absolute Gasteiger partial charge is 0.315 e. The molecule has 1 spiro atoms. The van der Waals surface area contributed by atoms with Crippen molar-refractivity contribution in [1.29, 1.82) is 0 Å². The number of carbonyl (C=O) groups is 1. The number of hydrogen-bond donors (Lipinski definition) is 2. The van der Waals surface area contributed by atoms with Crippen molar-refractivity contribution in [3.05, 3.63) is 48.0 Å². The highest BCUT2D eigenvalue weighted by molar-refractivity contribution is 5.74. The van der Waals surface area contributed by atoms with E-state index in [9.17, 15) is 4.79 Å². The Balaban J connectivity index is 1.26. The van der Waals surface area contributed by atoms with Crippen LogP contribution in [0.4, 0.5) is 4.79 Å². The van der Waals surface area contributed by atoms with Gasteiger partial charge >= 0.3 is 6.03 Å². The molecule has 2 aromatic rings. The first kappa shape index (κ1) is 15.2. The van der Waals surface area contributed by atoms with Crippen LogP contribution in [-0.4, -0.2) is 33.4 Å². The molecule has 0 radical (unpaired) electrons. The quantitative estimate of drug-likeness (QED) is 0.881. The number of amides is 2. The van der Waals surface area contributed by atoms with Crippen LogP contribution in [0.15, 0.2) is 36.9 Å². The molecule has 6 heteroatoms. The van der Waals surface area contributed by atoms with Crippen LogP contribution in [0.2, 0.25) is 0 Å². The van der Waals surface area contributed by atoms with Crippen molar-refractivity contribution in [3.63, 3.8) is 0 Å². The fourth-order valence-corrected chi connectivity index (χ4v) is 4.14. The molecule has 0 saturated heterocycles. The van der Waals surface area contributed by atoms with E-state index in [1.165, 1.54) is 36.7 Å². The SMILES string of the molecule is C[C@H](Cn1cncn1)NC(=O)NC[C@@H]1C[C@]12CCc1ccccc12. The van der Waals surface area contributed by atoms with Gasteiger partial charge in [0.15, 0.2) is 0 Å². The molecule has 1 aromatic carbocycles. The Bertz CT molecular complexity index is 729. The van der Waals surface area contributed by atoms with Crippen LogP contribution in [-0.2, 0) is 18.4 Å². The van der Waals surface area contributed by atoms with Gasteiger partial charge in [0, 0.05) is 18.0 Å². The lowest BCUT2D eigenvalue weighted by Gasteiger charge is -2.15. The minimum absolute atomic E-state index is 0.00655. The van der Waals surface area contributed by atoms with Gasteiger partial charge in [-0.2, -0.15) is 5.10 Å². The fourth-order valence-electron chi connectivity index (χ4n) is 4.14. The summed E-state index contributed by atoms with van der Waals surface area (Å²) in [5.41, 5.74) is 3.33. The van der Waals surface area contributed by atoms with Gasteiger partial charge < -0.3 is 10.6 Å². The Kier molecular flexibility index (Phi) is 3.75. The molecule has 24 heavy (non-hydrogen) atoms. The molecular weight excluding hydrogens is 302 g/mol. The number of aryl methyl sites for hydroxylation is 1. The highest BCUT2D eigenvalue weighted by Gasteiger charge is 2.57. The first-order chi connectivity index (χ1) is 11.7. The van der Waals surface area contributed by atoms with E-state index < -0.39 is 0 Å². The number of fused-ring (bicyclic) bond motifs is 2. The second kappa shape index (κ2) is 5.92. The zero-order chi connectivity index (χ0) is 16.6. The highest BCUT2D eigenvalue weighted by Crippen LogP contribution is 2.61. The lowest BCUT2D eigenvalue weighted by Crippen LogP contribution is -2.43. The number of benzene rings is 1. The van der Waals surface area contributed by atoms with E-state index in [-0.39, 0.29) is 12.1 Å². The Labute approximate surface area is 141 Å². The second-order valence-electron chi connectivity index (χ2n) is 7.09. The molecular formula is C18H23N5O. The number of rotatable bonds is 5. The van der Waals surface area contributed by atoms with Crippen molar-refractivity contribution < 1.29 is 4.79 Å². The number of carbonyl (C=O) groups excluding carboxylic acids is 1. The number of urea groups is 1. The van der Waals surface area contributed by atoms with Crippen molar-refractivity contribution in [3.8, 4) is 0 Å². The Morgan fingerprint density at radius 1 is 1.46 bits per heavy atom. The zero-order valence-corrected chi connectivity index (χ0v) is 13.9. The maximum atomic E-state index is 12.1. The molecule has 0 unspecified atom stereocenters. The highest BCUT2D eigenvalue weighted by atomic mass is 16.2. The third-order valence-electron chi connectivity index (χ3n) is 5.44. The maximum absolute atomic E-state index is 12.1. The van der Waals surface area contributed by atoms with Crippen LogP contribution in [0.3, 0.4) is 0 Å². The molecule has 0 aliphatic heterocycles. The minimum atomic E-state index is -0.101. The summed E-state index contributed by atoms with van der Waals surface area (Å²) in [6, 6.07) is 8.67. The van der Waals surface area contributed by atoms with Gasteiger partial charge in [-0.25, -0.2) is 9.78 Å². The molecule has 1 heterocycles. The van der Waals surface area contributed by atoms with E-state index in [1.54, 1.807) is 11.0 Å². The summed E-state index contributed by atoms with van der Waals surface area (Å²) >= 11 is 0. The van der Waals surface area contributed by atoms with E-state index in [0.717, 1.165) is 6.54 Å². The molecule has 1 saturated carbocycles. The predicted octanol–water partition coefficient (Wildman–Crippen LogP) is 1.87. The van der Waals surface area contributed by atoms with Crippen LogP contribution in [0.5, 0.6) is 0 Å². The molecule has 3 atom stereocenters. The van der Waals surface area contributed by atoms with Crippen molar-refractivity contribution >= 4 is 6.03 Å². The summed E-state index contributed by atoms with van der Waals surface area (Å²) in [4.78, 5) is 16.0. The summed E-state index contributed by atoms with van der Waals surface area (Å²) in [6.45, 7) is 3.33. The van der Waals surface area contributed by atoms with Crippen LogP contribution >= 0.6 is 0 Å². The van der Waals surface area contributed by atoms with Crippen LogP contribution in [0.1, 0.15) is 30.9 Å². The van der Waals surface area contributed by atoms with E-state index in [1.807, 2.05) is 6.92 Å². The minimum Gasteiger partial charge on any atom is -0.338 e. The van der Waals surface area contributed by atoms with Gasteiger partial charge in [-0.3, -0.25) is 4.68 Å². The lowest BCUT2D eigenvalue weighted by molar-refractivity contribution is 0.235. The average Bonchev–Trinajstić information content (AvgIpc) is 2.88. The standard InChI is InChI=1S/C18H23N5O/c1-13(10-23-12-19-11-21-23)22-17(24)20-9-15-8-18(15)7-6-14-4-2-3-5-16(14)18/h2-5,11-13,15H,6-10H2,1H3,(H2,20,22,24)/t13-,15+,18-/m1/s1.